The van der Waals surface area contributed by atoms with E-state index in [9.17, 15) is 4.79 Å². The first-order valence-corrected chi connectivity index (χ1v) is 7.06. The van der Waals surface area contributed by atoms with E-state index >= 15 is 0 Å². The van der Waals surface area contributed by atoms with Crippen molar-refractivity contribution >= 4 is 0 Å². The predicted molar refractivity (Wildman–Crippen MR) is 82.5 cm³/mol. The fourth-order valence-electron chi connectivity index (χ4n) is 2.11. The molecular weight excluding hydrogens is 266 g/mol. The van der Waals surface area contributed by atoms with Crippen molar-refractivity contribution in [3.05, 3.63) is 58.5 Å². The molecule has 0 aliphatic carbocycles. The van der Waals surface area contributed by atoms with Crippen molar-refractivity contribution in [3.63, 3.8) is 0 Å². The average molecular weight is 287 g/mol. The van der Waals surface area contributed by atoms with Gasteiger partial charge in [-0.1, -0.05) is 12.1 Å². The van der Waals surface area contributed by atoms with Crippen LogP contribution in [0.15, 0.2) is 47.4 Å². The zero-order valence-corrected chi connectivity index (χ0v) is 12.6. The molecule has 1 aromatic heterocycles. The van der Waals surface area contributed by atoms with Gasteiger partial charge in [-0.15, -0.1) is 0 Å². The Labute approximate surface area is 124 Å². The van der Waals surface area contributed by atoms with Gasteiger partial charge in [0.15, 0.2) is 0 Å². The topological polar surface area (TPSA) is 56.2 Å². The number of nitrogens with zero attached hydrogens (tertiary/aromatic N) is 2. The second-order valence-corrected chi connectivity index (χ2v) is 5.12. The summed E-state index contributed by atoms with van der Waals surface area (Å²) in [6, 6.07) is 11.1. The molecule has 0 fully saturated rings. The molecule has 21 heavy (non-hydrogen) atoms. The van der Waals surface area contributed by atoms with Gasteiger partial charge >= 0.3 is 0 Å². The Balaban J connectivity index is 2.14. The molecule has 5 heteroatoms. The Morgan fingerprint density at radius 3 is 2.52 bits per heavy atom. The van der Waals surface area contributed by atoms with E-state index < -0.39 is 0 Å². The van der Waals surface area contributed by atoms with Gasteiger partial charge in [0, 0.05) is 12.3 Å². The molecule has 0 radical (unpaired) electrons. The van der Waals surface area contributed by atoms with Gasteiger partial charge in [0.2, 0.25) is 0 Å². The maximum Gasteiger partial charge on any atom is 0.266 e. The van der Waals surface area contributed by atoms with Crippen molar-refractivity contribution in [1.82, 2.24) is 15.1 Å². The Kier molecular flexibility index (Phi) is 5.11. The first-order chi connectivity index (χ1) is 10.1. The quantitative estimate of drug-likeness (QED) is 0.883. The predicted octanol–water partition coefficient (Wildman–Crippen LogP) is 1.99. The molecule has 1 heterocycles. The summed E-state index contributed by atoms with van der Waals surface area (Å²) in [5, 5.41) is 7.30. The van der Waals surface area contributed by atoms with Gasteiger partial charge in [0.1, 0.15) is 5.75 Å². The van der Waals surface area contributed by atoms with Crippen molar-refractivity contribution in [2.45, 2.75) is 32.5 Å². The summed E-state index contributed by atoms with van der Waals surface area (Å²) in [6.45, 7) is 4.48. The van der Waals surface area contributed by atoms with E-state index in [1.54, 1.807) is 12.3 Å². The molecule has 0 saturated heterocycles. The Morgan fingerprint density at radius 2 is 1.95 bits per heavy atom. The second-order valence-electron chi connectivity index (χ2n) is 5.12. The van der Waals surface area contributed by atoms with Crippen LogP contribution in [0.2, 0.25) is 0 Å². The number of rotatable bonds is 6. The zero-order valence-electron chi connectivity index (χ0n) is 12.6. The lowest BCUT2D eigenvalue weighted by molar-refractivity contribution is 0.242. The summed E-state index contributed by atoms with van der Waals surface area (Å²) in [5.74, 6) is 0.846. The van der Waals surface area contributed by atoms with Crippen molar-refractivity contribution < 1.29 is 4.74 Å². The lowest BCUT2D eigenvalue weighted by Gasteiger charge is -2.18. The van der Waals surface area contributed by atoms with Crippen LogP contribution in [-0.2, 0) is 6.54 Å². The molecule has 1 atom stereocenters. The van der Waals surface area contributed by atoms with Crippen LogP contribution >= 0.6 is 0 Å². The molecule has 0 aliphatic rings. The monoisotopic (exact) mass is 287 g/mol. The summed E-state index contributed by atoms with van der Waals surface area (Å²) in [7, 11) is 1.87. The molecule has 0 bridgehead atoms. The number of ether oxygens (including phenoxy) is 1. The molecule has 0 aliphatic heterocycles. The van der Waals surface area contributed by atoms with Crippen molar-refractivity contribution in [2.24, 2.45) is 0 Å². The number of likely N-dealkylation sites (N-methyl/N-ethyl adjacent to an activating group) is 1. The van der Waals surface area contributed by atoms with Crippen LogP contribution < -0.4 is 15.6 Å². The minimum Gasteiger partial charge on any atom is -0.491 e. The molecule has 0 spiro atoms. The number of aromatic nitrogens is 2. The van der Waals surface area contributed by atoms with Crippen LogP contribution in [0.25, 0.3) is 0 Å². The molecule has 0 saturated carbocycles. The third-order valence-electron chi connectivity index (χ3n) is 3.14. The summed E-state index contributed by atoms with van der Waals surface area (Å²) >= 11 is 0. The Hall–Kier alpha value is -2.14. The highest BCUT2D eigenvalue weighted by atomic mass is 16.5. The van der Waals surface area contributed by atoms with E-state index in [-0.39, 0.29) is 17.7 Å². The van der Waals surface area contributed by atoms with Crippen LogP contribution in [0.3, 0.4) is 0 Å². The first-order valence-electron chi connectivity index (χ1n) is 7.06. The van der Waals surface area contributed by atoms with Crippen LogP contribution in [0.1, 0.15) is 25.5 Å². The normalized spacial score (nSPS) is 12.4. The minimum atomic E-state index is -0.0995. The average Bonchev–Trinajstić information content (AvgIpc) is 2.47. The van der Waals surface area contributed by atoms with E-state index in [0.29, 0.717) is 6.54 Å². The highest BCUT2D eigenvalue weighted by Gasteiger charge is 2.11. The number of nitrogens with one attached hydrogen (secondary N) is 1. The summed E-state index contributed by atoms with van der Waals surface area (Å²) in [6.07, 6.45) is 1.77. The van der Waals surface area contributed by atoms with Gasteiger partial charge in [-0.05, 0) is 44.7 Å². The highest BCUT2D eigenvalue weighted by Crippen LogP contribution is 2.19. The summed E-state index contributed by atoms with van der Waals surface area (Å²) in [4.78, 5) is 11.7. The second kappa shape index (κ2) is 7.04. The van der Waals surface area contributed by atoms with E-state index in [2.05, 4.69) is 10.4 Å². The van der Waals surface area contributed by atoms with Crippen LogP contribution in [0.4, 0.5) is 0 Å². The minimum absolute atomic E-state index is 0.0192. The number of hydrogen-bond acceptors (Lipinski definition) is 4. The lowest BCUT2D eigenvalue weighted by Crippen LogP contribution is -2.29. The molecule has 2 aromatic rings. The fourth-order valence-corrected chi connectivity index (χ4v) is 2.11. The smallest absolute Gasteiger partial charge is 0.266 e. The fraction of sp³-hybridized carbons (Fsp3) is 0.375. The molecule has 1 N–H and O–H groups in total. The molecule has 112 valence electrons. The number of benzene rings is 1. The maximum absolute atomic E-state index is 11.7. The number of hydrogen-bond donors (Lipinski definition) is 1. The maximum atomic E-state index is 11.7. The molecular formula is C16H21N3O2. The van der Waals surface area contributed by atoms with Crippen LogP contribution in [-0.4, -0.2) is 22.9 Å². The highest BCUT2D eigenvalue weighted by molar-refractivity contribution is 5.29. The van der Waals surface area contributed by atoms with Gasteiger partial charge in [-0.25, -0.2) is 4.68 Å². The van der Waals surface area contributed by atoms with Crippen LogP contribution in [0.5, 0.6) is 5.75 Å². The van der Waals surface area contributed by atoms with Gasteiger partial charge in [-0.2, -0.15) is 5.10 Å². The van der Waals surface area contributed by atoms with Crippen molar-refractivity contribution in [1.29, 1.82) is 0 Å². The largest absolute Gasteiger partial charge is 0.491 e. The van der Waals surface area contributed by atoms with Gasteiger partial charge < -0.3 is 10.1 Å². The van der Waals surface area contributed by atoms with Crippen LogP contribution in [0, 0.1) is 0 Å². The Morgan fingerprint density at radius 1 is 1.24 bits per heavy atom. The van der Waals surface area contributed by atoms with E-state index in [1.165, 1.54) is 10.7 Å². The molecule has 5 nitrogen and oxygen atoms in total. The SMILES string of the molecule is CNC(Cn1ncccc1=O)c1ccc(OC(C)C)cc1. The van der Waals surface area contributed by atoms with E-state index in [4.69, 9.17) is 4.74 Å². The molecule has 0 amide bonds. The van der Waals surface area contributed by atoms with Gasteiger partial charge in [-0.3, -0.25) is 4.79 Å². The molecule has 2 rings (SSSR count). The summed E-state index contributed by atoms with van der Waals surface area (Å²) < 4.78 is 7.09. The van der Waals surface area contributed by atoms with Crippen molar-refractivity contribution in [2.75, 3.05) is 7.05 Å². The van der Waals surface area contributed by atoms with Crippen molar-refractivity contribution in [3.8, 4) is 5.75 Å². The van der Waals surface area contributed by atoms with Gasteiger partial charge in [0.05, 0.1) is 18.7 Å². The van der Waals surface area contributed by atoms with E-state index in [0.717, 1.165) is 11.3 Å². The third kappa shape index (κ3) is 4.16. The molecule has 1 aromatic carbocycles. The Bertz CT molecular complexity index is 620. The third-order valence-corrected chi connectivity index (χ3v) is 3.14. The lowest BCUT2D eigenvalue weighted by atomic mass is 10.1. The molecule has 1 unspecified atom stereocenters. The van der Waals surface area contributed by atoms with E-state index in [1.807, 2.05) is 45.2 Å². The summed E-state index contributed by atoms with van der Waals surface area (Å²) in [5.41, 5.74) is 0.990. The first kappa shape index (κ1) is 15.3. The van der Waals surface area contributed by atoms with Gasteiger partial charge in [0.25, 0.3) is 5.56 Å². The zero-order chi connectivity index (χ0) is 15.2. The standard InChI is InChI=1S/C16H21N3O2/c1-12(2)21-14-8-6-13(7-9-14)15(17-3)11-19-16(20)5-4-10-18-19/h4-10,12,15,17H,11H2,1-3H3.